The van der Waals surface area contributed by atoms with Gasteiger partial charge in [-0.05, 0) is 83.4 Å². The van der Waals surface area contributed by atoms with E-state index in [0.717, 1.165) is 27.1 Å². The lowest BCUT2D eigenvalue weighted by Crippen LogP contribution is -2.13. The first-order chi connectivity index (χ1) is 18.0. The number of ether oxygens (including phenoxy) is 1. The summed E-state index contributed by atoms with van der Waals surface area (Å²) < 4.78 is 7.57. The second-order valence-electron chi connectivity index (χ2n) is 8.39. The Hall–Kier alpha value is -3.92. The summed E-state index contributed by atoms with van der Waals surface area (Å²) in [4.78, 5) is 12.9. The molecule has 0 fully saturated rings. The first-order valence-corrected chi connectivity index (χ1v) is 13.1. The van der Waals surface area contributed by atoms with Crippen LogP contribution in [0.15, 0.2) is 112 Å². The van der Waals surface area contributed by atoms with Crippen LogP contribution in [-0.2, 0) is 11.4 Å². The third-order valence-corrected chi connectivity index (χ3v) is 7.16. The van der Waals surface area contributed by atoms with Crippen LogP contribution in [0.25, 0.3) is 27.6 Å². The van der Waals surface area contributed by atoms with Crippen molar-refractivity contribution in [3.63, 3.8) is 0 Å². The van der Waals surface area contributed by atoms with Crippen molar-refractivity contribution in [2.24, 2.45) is 0 Å². The molecule has 0 aromatic heterocycles. The molecule has 37 heavy (non-hydrogen) atoms. The van der Waals surface area contributed by atoms with Gasteiger partial charge in [0.25, 0.3) is 5.91 Å². The summed E-state index contributed by atoms with van der Waals surface area (Å²) in [5.41, 5.74) is 2.42. The number of hydrogen-bond donors (Lipinski definition) is 1. The van der Waals surface area contributed by atoms with Crippen molar-refractivity contribution in [3.05, 3.63) is 123 Å². The second kappa shape index (κ2) is 11.0. The zero-order valence-corrected chi connectivity index (χ0v) is 22.7. The first kappa shape index (κ1) is 24.8. The molecule has 0 aliphatic rings. The molecule has 180 valence electrons. The van der Waals surface area contributed by atoms with Crippen molar-refractivity contribution in [2.75, 3.05) is 5.32 Å². The van der Waals surface area contributed by atoms with E-state index in [9.17, 15) is 10.1 Å². The molecule has 0 unspecified atom stereocenters. The van der Waals surface area contributed by atoms with Crippen LogP contribution in [-0.4, -0.2) is 5.91 Å². The second-order valence-corrected chi connectivity index (χ2v) is 10.1. The number of benzene rings is 5. The van der Waals surface area contributed by atoms with E-state index in [1.54, 1.807) is 6.08 Å². The van der Waals surface area contributed by atoms with Crippen molar-refractivity contribution >= 4 is 71.1 Å². The standard InChI is InChI=1S/C31H20Br2N2O2/c32-27-16-20(15-24(18-34)31(36)35-29-14-6-10-22-8-2-4-13-26(22)29)17-28(33)30(27)37-19-23-11-5-9-21-7-1-3-12-25(21)23/h1-17H,19H2,(H,35,36)/b24-15+. The maximum Gasteiger partial charge on any atom is 0.266 e. The largest absolute Gasteiger partial charge is 0.487 e. The van der Waals surface area contributed by atoms with Gasteiger partial charge in [0.2, 0.25) is 0 Å². The number of rotatable bonds is 6. The number of carbonyl (C=O) groups excluding carboxylic acids is 1. The quantitative estimate of drug-likeness (QED) is 0.154. The zero-order chi connectivity index (χ0) is 25.8. The van der Waals surface area contributed by atoms with E-state index in [2.05, 4.69) is 61.4 Å². The molecule has 0 radical (unpaired) electrons. The Morgan fingerprint density at radius 1 is 0.838 bits per heavy atom. The minimum atomic E-state index is -0.470. The Balaban J connectivity index is 1.36. The molecule has 0 spiro atoms. The lowest BCUT2D eigenvalue weighted by Gasteiger charge is -2.13. The minimum Gasteiger partial charge on any atom is -0.487 e. The van der Waals surface area contributed by atoms with Crippen LogP contribution < -0.4 is 10.1 Å². The van der Waals surface area contributed by atoms with Gasteiger partial charge in [-0.25, -0.2) is 0 Å². The summed E-state index contributed by atoms with van der Waals surface area (Å²) in [7, 11) is 0. The Morgan fingerprint density at radius 3 is 2.14 bits per heavy atom. The lowest BCUT2D eigenvalue weighted by molar-refractivity contribution is -0.112. The van der Waals surface area contributed by atoms with E-state index in [4.69, 9.17) is 4.74 Å². The van der Waals surface area contributed by atoms with Crippen molar-refractivity contribution in [3.8, 4) is 11.8 Å². The van der Waals surface area contributed by atoms with Crippen molar-refractivity contribution in [2.45, 2.75) is 6.61 Å². The number of nitriles is 1. The van der Waals surface area contributed by atoms with Crippen LogP contribution in [0.3, 0.4) is 0 Å². The van der Waals surface area contributed by atoms with E-state index in [-0.39, 0.29) is 5.57 Å². The van der Waals surface area contributed by atoms with Crippen LogP contribution in [0.2, 0.25) is 0 Å². The van der Waals surface area contributed by atoms with E-state index in [1.165, 1.54) is 0 Å². The van der Waals surface area contributed by atoms with Crippen LogP contribution in [0.4, 0.5) is 5.69 Å². The zero-order valence-electron chi connectivity index (χ0n) is 19.5. The van der Waals surface area contributed by atoms with Crippen molar-refractivity contribution < 1.29 is 9.53 Å². The molecule has 6 heteroatoms. The Kier molecular flexibility index (Phi) is 7.36. The van der Waals surface area contributed by atoms with E-state index in [0.29, 0.717) is 32.6 Å². The summed E-state index contributed by atoms with van der Waals surface area (Å²) in [6, 6.07) is 33.5. The molecular formula is C31H20Br2N2O2. The van der Waals surface area contributed by atoms with E-state index >= 15 is 0 Å². The van der Waals surface area contributed by atoms with Crippen LogP contribution >= 0.6 is 31.9 Å². The van der Waals surface area contributed by atoms with Gasteiger partial charge in [0.15, 0.2) is 0 Å². The fourth-order valence-corrected chi connectivity index (χ4v) is 5.66. The highest BCUT2D eigenvalue weighted by molar-refractivity contribution is 9.11. The number of halogens is 2. The molecule has 0 atom stereocenters. The van der Waals surface area contributed by atoms with Gasteiger partial charge in [0.05, 0.1) is 8.95 Å². The predicted octanol–water partition coefficient (Wildman–Crippen LogP) is 8.64. The molecule has 1 amide bonds. The maximum atomic E-state index is 12.9. The minimum absolute atomic E-state index is 0.00356. The predicted molar refractivity (Wildman–Crippen MR) is 156 cm³/mol. The van der Waals surface area contributed by atoms with Crippen LogP contribution in [0.5, 0.6) is 5.75 Å². The van der Waals surface area contributed by atoms with Gasteiger partial charge in [-0.2, -0.15) is 5.26 Å². The molecule has 5 aromatic rings. The monoisotopic (exact) mass is 610 g/mol. The molecule has 5 rings (SSSR count). The maximum absolute atomic E-state index is 12.9. The van der Waals surface area contributed by atoms with Gasteiger partial charge >= 0.3 is 0 Å². The molecular weight excluding hydrogens is 592 g/mol. The average Bonchev–Trinajstić information content (AvgIpc) is 2.91. The molecule has 4 nitrogen and oxygen atoms in total. The Bertz CT molecular complexity index is 1690. The number of anilines is 1. The van der Waals surface area contributed by atoms with Gasteiger partial charge in [0.1, 0.15) is 24.0 Å². The fraction of sp³-hybridized carbons (Fsp3) is 0.0323. The molecule has 0 aliphatic heterocycles. The van der Waals surface area contributed by atoms with Gasteiger partial charge in [-0.3, -0.25) is 4.79 Å². The molecule has 0 aliphatic carbocycles. The average molecular weight is 612 g/mol. The van der Waals surface area contributed by atoms with Gasteiger partial charge in [-0.15, -0.1) is 0 Å². The van der Waals surface area contributed by atoms with Gasteiger partial charge in [0, 0.05) is 11.1 Å². The topological polar surface area (TPSA) is 62.1 Å². The fourth-order valence-electron chi connectivity index (χ4n) is 4.21. The molecule has 0 saturated carbocycles. The third kappa shape index (κ3) is 5.43. The summed E-state index contributed by atoms with van der Waals surface area (Å²) in [6.07, 6.45) is 1.56. The Labute approximate surface area is 231 Å². The highest BCUT2D eigenvalue weighted by atomic mass is 79.9. The SMILES string of the molecule is N#C/C(=C\c1cc(Br)c(OCc2cccc3ccccc23)c(Br)c1)C(=O)Nc1cccc2ccccc12. The van der Waals surface area contributed by atoms with Gasteiger partial charge < -0.3 is 10.1 Å². The van der Waals surface area contributed by atoms with Crippen LogP contribution in [0, 0.1) is 11.3 Å². The third-order valence-electron chi connectivity index (χ3n) is 5.99. The summed E-state index contributed by atoms with van der Waals surface area (Å²) in [5.74, 6) is 0.172. The van der Waals surface area contributed by atoms with E-state index < -0.39 is 5.91 Å². The van der Waals surface area contributed by atoms with Gasteiger partial charge in [-0.1, -0.05) is 78.9 Å². The van der Waals surface area contributed by atoms with Crippen molar-refractivity contribution in [1.29, 1.82) is 5.26 Å². The van der Waals surface area contributed by atoms with Crippen LogP contribution in [0.1, 0.15) is 11.1 Å². The number of nitrogens with one attached hydrogen (secondary N) is 1. The number of carbonyl (C=O) groups is 1. The molecule has 0 heterocycles. The number of nitrogens with zero attached hydrogens (tertiary/aromatic N) is 1. The summed E-state index contributed by atoms with van der Waals surface area (Å²) >= 11 is 7.17. The number of amides is 1. The lowest BCUT2D eigenvalue weighted by atomic mass is 10.1. The molecule has 1 N–H and O–H groups in total. The summed E-state index contributed by atoms with van der Waals surface area (Å²) in [5, 5.41) is 16.8. The molecule has 0 bridgehead atoms. The molecule has 5 aromatic carbocycles. The molecule has 0 saturated heterocycles. The van der Waals surface area contributed by atoms with Crippen molar-refractivity contribution in [1.82, 2.24) is 0 Å². The highest BCUT2D eigenvalue weighted by Crippen LogP contribution is 2.36. The smallest absolute Gasteiger partial charge is 0.266 e. The first-order valence-electron chi connectivity index (χ1n) is 11.5. The normalized spacial score (nSPS) is 11.3. The number of hydrogen-bond acceptors (Lipinski definition) is 3. The summed E-state index contributed by atoms with van der Waals surface area (Å²) in [6.45, 7) is 0.393. The number of fused-ring (bicyclic) bond motifs is 2. The highest BCUT2D eigenvalue weighted by Gasteiger charge is 2.14. The van der Waals surface area contributed by atoms with E-state index in [1.807, 2.05) is 78.9 Å². The Morgan fingerprint density at radius 2 is 1.43 bits per heavy atom.